The fraction of sp³-hybridized carbons (Fsp3) is 0.429. The van der Waals surface area contributed by atoms with Crippen molar-refractivity contribution in [2.24, 2.45) is 5.73 Å². The number of hydrogen-bond donors (Lipinski definition) is 1. The van der Waals surface area contributed by atoms with Crippen LogP contribution in [-0.2, 0) is 6.42 Å². The third-order valence-electron chi connectivity index (χ3n) is 2.63. The summed E-state index contributed by atoms with van der Waals surface area (Å²) in [5.41, 5.74) is 8.07. The molecule has 0 spiro atoms. The van der Waals surface area contributed by atoms with E-state index in [1.165, 1.54) is 36.8 Å². The number of benzene rings is 1. The molecule has 0 atom stereocenters. The van der Waals surface area contributed by atoms with Crippen LogP contribution in [0.3, 0.4) is 0 Å². The molecule has 0 saturated heterocycles. The molecule has 1 rings (SSSR count). The smallest absolute Gasteiger partial charge is 0.00773 e. The van der Waals surface area contributed by atoms with Gasteiger partial charge in [0.1, 0.15) is 0 Å². The van der Waals surface area contributed by atoms with E-state index >= 15 is 0 Å². The maximum Gasteiger partial charge on any atom is -0.00773 e. The average Bonchev–Trinajstić information content (AvgIpc) is 2.30. The fourth-order valence-electron chi connectivity index (χ4n) is 1.65. The van der Waals surface area contributed by atoms with Gasteiger partial charge >= 0.3 is 0 Å². The topological polar surface area (TPSA) is 26.0 Å². The van der Waals surface area contributed by atoms with Crippen LogP contribution in [0.5, 0.6) is 0 Å². The Morgan fingerprint density at radius 3 is 2.27 bits per heavy atom. The van der Waals surface area contributed by atoms with Crippen molar-refractivity contribution in [1.29, 1.82) is 0 Å². The van der Waals surface area contributed by atoms with Crippen LogP contribution in [0.1, 0.15) is 36.8 Å². The van der Waals surface area contributed by atoms with Crippen LogP contribution < -0.4 is 5.73 Å². The molecule has 0 fully saturated rings. The van der Waals surface area contributed by atoms with Crippen molar-refractivity contribution in [2.75, 3.05) is 6.54 Å². The quantitative estimate of drug-likeness (QED) is 0.675. The van der Waals surface area contributed by atoms with Crippen molar-refractivity contribution in [3.8, 4) is 0 Å². The van der Waals surface area contributed by atoms with E-state index < -0.39 is 0 Å². The van der Waals surface area contributed by atoms with E-state index in [0.717, 1.165) is 13.0 Å². The van der Waals surface area contributed by atoms with Crippen molar-refractivity contribution in [2.45, 2.75) is 32.1 Å². The van der Waals surface area contributed by atoms with E-state index in [9.17, 15) is 0 Å². The van der Waals surface area contributed by atoms with Gasteiger partial charge < -0.3 is 5.73 Å². The number of hydrogen-bond acceptors (Lipinski definition) is 1. The first-order valence-electron chi connectivity index (χ1n) is 5.78. The molecule has 0 aromatic heterocycles. The van der Waals surface area contributed by atoms with E-state index in [-0.39, 0.29) is 0 Å². The van der Waals surface area contributed by atoms with E-state index in [0.29, 0.717) is 0 Å². The molecule has 2 N–H and O–H groups in total. The molecule has 0 aliphatic heterocycles. The van der Waals surface area contributed by atoms with Gasteiger partial charge in [0.15, 0.2) is 0 Å². The summed E-state index contributed by atoms with van der Waals surface area (Å²) in [6.07, 6.45) is 8.05. The second kappa shape index (κ2) is 7.24. The molecule has 1 aromatic rings. The van der Waals surface area contributed by atoms with Gasteiger partial charge in [-0.3, -0.25) is 0 Å². The monoisotopic (exact) mass is 203 g/mol. The van der Waals surface area contributed by atoms with Gasteiger partial charge in [-0.15, -0.1) is 0 Å². The Kier molecular flexibility index (Phi) is 5.79. The first-order chi connectivity index (χ1) is 7.36. The van der Waals surface area contributed by atoms with E-state index in [1.54, 1.807) is 0 Å². The molecular weight excluding hydrogens is 182 g/mol. The zero-order chi connectivity index (χ0) is 10.9. The molecule has 1 heteroatoms. The van der Waals surface area contributed by atoms with Crippen LogP contribution in [0.2, 0.25) is 0 Å². The van der Waals surface area contributed by atoms with Crippen LogP contribution in [0.15, 0.2) is 30.8 Å². The van der Waals surface area contributed by atoms with E-state index in [4.69, 9.17) is 5.73 Å². The molecule has 0 heterocycles. The van der Waals surface area contributed by atoms with Crippen molar-refractivity contribution in [3.05, 3.63) is 42.0 Å². The van der Waals surface area contributed by atoms with Gasteiger partial charge in [0.05, 0.1) is 0 Å². The summed E-state index contributed by atoms with van der Waals surface area (Å²) in [4.78, 5) is 0. The SMILES string of the molecule is C=Cc1ccc(CCCCCCN)cc1. The Labute approximate surface area is 93.0 Å². The summed E-state index contributed by atoms with van der Waals surface area (Å²) < 4.78 is 0. The molecule has 1 aromatic carbocycles. The van der Waals surface area contributed by atoms with Gasteiger partial charge in [-0.2, -0.15) is 0 Å². The lowest BCUT2D eigenvalue weighted by molar-refractivity contribution is 0.646. The van der Waals surface area contributed by atoms with Gasteiger partial charge in [-0.05, 0) is 36.9 Å². The van der Waals surface area contributed by atoms with Crippen LogP contribution in [0.4, 0.5) is 0 Å². The lowest BCUT2D eigenvalue weighted by atomic mass is 10.0. The van der Waals surface area contributed by atoms with Gasteiger partial charge in [0.2, 0.25) is 0 Å². The molecule has 0 unspecified atom stereocenters. The zero-order valence-electron chi connectivity index (χ0n) is 9.41. The molecule has 15 heavy (non-hydrogen) atoms. The summed E-state index contributed by atoms with van der Waals surface area (Å²) in [6.45, 7) is 4.57. The minimum Gasteiger partial charge on any atom is -0.330 e. The lowest BCUT2D eigenvalue weighted by Gasteiger charge is -2.02. The van der Waals surface area contributed by atoms with E-state index in [1.807, 2.05) is 6.08 Å². The summed E-state index contributed by atoms with van der Waals surface area (Å²) in [7, 11) is 0. The highest BCUT2D eigenvalue weighted by Gasteiger charge is 1.93. The predicted octanol–water partition coefficient (Wildman–Crippen LogP) is 3.39. The minimum atomic E-state index is 0.827. The number of nitrogens with two attached hydrogens (primary N) is 1. The highest BCUT2D eigenvalue weighted by atomic mass is 14.5. The molecule has 0 aliphatic rings. The second-order valence-corrected chi connectivity index (χ2v) is 3.90. The molecule has 0 amide bonds. The Hall–Kier alpha value is -1.08. The summed E-state index contributed by atoms with van der Waals surface area (Å²) in [6, 6.07) is 8.64. The highest BCUT2D eigenvalue weighted by molar-refractivity contribution is 5.47. The van der Waals surface area contributed by atoms with Gasteiger partial charge in [-0.1, -0.05) is 49.8 Å². The highest BCUT2D eigenvalue weighted by Crippen LogP contribution is 2.10. The molecule has 82 valence electrons. The van der Waals surface area contributed by atoms with Crippen molar-refractivity contribution in [3.63, 3.8) is 0 Å². The molecule has 0 bridgehead atoms. The van der Waals surface area contributed by atoms with Crippen molar-refractivity contribution < 1.29 is 0 Å². The standard InChI is InChI=1S/C14H21N/c1-2-13-8-10-14(11-9-13)7-5-3-4-6-12-15/h2,8-11H,1,3-7,12,15H2. The molecule has 1 nitrogen and oxygen atoms in total. The maximum absolute atomic E-state index is 5.44. The van der Waals surface area contributed by atoms with Crippen molar-refractivity contribution in [1.82, 2.24) is 0 Å². The molecule has 0 radical (unpaired) electrons. The lowest BCUT2D eigenvalue weighted by Crippen LogP contribution is -1.97. The molecular formula is C14H21N. The van der Waals surface area contributed by atoms with Gasteiger partial charge in [0.25, 0.3) is 0 Å². The summed E-state index contributed by atoms with van der Waals surface area (Å²) in [5.74, 6) is 0. The number of aryl methyl sites for hydroxylation is 1. The largest absolute Gasteiger partial charge is 0.330 e. The Morgan fingerprint density at radius 2 is 1.67 bits per heavy atom. The molecule has 0 aliphatic carbocycles. The Bertz CT molecular complexity index is 274. The van der Waals surface area contributed by atoms with Crippen LogP contribution in [-0.4, -0.2) is 6.54 Å². The Balaban J connectivity index is 2.22. The normalized spacial score (nSPS) is 10.2. The zero-order valence-corrected chi connectivity index (χ0v) is 9.41. The first-order valence-corrected chi connectivity index (χ1v) is 5.78. The third kappa shape index (κ3) is 4.80. The average molecular weight is 203 g/mol. The number of rotatable bonds is 7. The summed E-state index contributed by atoms with van der Waals surface area (Å²) >= 11 is 0. The van der Waals surface area contributed by atoms with E-state index in [2.05, 4.69) is 30.8 Å². The third-order valence-corrected chi connectivity index (χ3v) is 2.63. The summed E-state index contributed by atoms with van der Waals surface area (Å²) in [5, 5.41) is 0. The second-order valence-electron chi connectivity index (χ2n) is 3.90. The Morgan fingerprint density at radius 1 is 1.00 bits per heavy atom. The first kappa shape index (κ1) is 12.0. The van der Waals surface area contributed by atoms with Crippen LogP contribution in [0.25, 0.3) is 6.08 Å². The van der Waals surface area contributed by atoms with Gasteiger partial charge in [-0.25, -0.2) is 0 Å². The minimum absolute atomic E-state index is 0.827. The maximum atomic E-state index is 5.44. The predicted molar refractivity (Wildman–Crippen MR) is 67.8 cm³/mol. The molecule has 0 saturated carbocycles. The van der Waals surface area contributed by atoms with Crippen molar-refractivity contribution >= 4 is 6.08 Å². The van der Waals surface area contributed by atoms with Gasteiger partial charge in [0, 0.05) is 0 Å². The fourth-order valence-corrected chi connectivity index (χ4v) is 1.65. The van der Waals surface area contributed by atoms with Crippen LogP contribution >= 0.6 is 0 Å². The number of unbranched alkanes of at least 4 members (excludes halogenated alkanes) is 3. The van der Waals surface area contributed by atoms with Crippen LogP contribution in [0, 0.1) is 0 Å².